The molecule has 4 nitrogen and oxygen atoms in total. The molecule has 0 amide bonds. The highest BCUT2D eigenvalue weighted by atomic mass is 16.5. The summed E-state index contributed by atoms with van der Waals surface area (Å²) in [6, 6.07) is 0. The zero-order valence-corrected chi connectivity index (χ0v) is 8.41. The summed E-state index contributed by atoms with van der Waals surface area (Å²) in [5, 5.41) is 8.45. The van der Waals surface area contributed by atoms with Crippen molar-refractivity contribution < 1.29 is 19.4 Å². The Morgan fingerprint density at radius 2 is 2.00 bits per heavy atom. The minimum absolute atomic E-state index is 0.00596. The summed E-state index contributed by atoms with van der Waals surface area (Å²) in [6.45, 7) is 5.07. The van der Waals surface area contributed by atoms with Crippen molar-refractivity contribution in [3.63, 3.8) is 0 Å². The minimum Gasteiger partial charge on any atom is -0.462 e. The molecule has 0 fully saturated rings. The fourth-order valence-corrected chi connectivity index (χ4v) is 0.782. The lowest BCUT2D eigenvalue weighted by molar-refractivity contribution is -0.139. The van der Waals surface area contributed by atoms with Crippen molar-refractivity contribution in [3.8, 4) is 0 Å². The van der Waals surface area contributed by atoms with E-state index in [9.17, 15) is 9.59 Å². The van der Waals surface area contributed by atoms with Gasteiger partial charge in [-0.05, 0) is 13.3 Å². The van der Waals surface area contributed by atoms with E-state index in [0.717, 1.165) is 0 Å². The quantitative estimate of drug-likeness (QED) is 0.488. The molecule has 0 radical (unpaired) electrons. The van der Waals surface area contributed by atoms with E-state index in [0.29, 0.717) is 18.4 Å². The number of carbonyl (C=O) groups excluding carboxylic acids is 2. The molecule has 0 rings (SSSR count). The van der Waals surface area contributed by atoms with E-state index < -0.39 is 5.97 Å². The van der Waals surface area contributed by atoms with Gasteiger partial charge in [0.2, 0.25) is 0 Å². The Kier molecular flexibility index (Phi) is 6.66. The molecule has 0 aromatic rings. The summed E-state index contributed by atoms with van der Waals surface area (Å²) < 4.78 is 4.73. The van der Waals surface area contributed by atoms with Crippen LogP contribution in [0.5, 0.6) is 0 Å². The van der Waals surface area contributed by atoms with E-state index in [1.54, 1.807) is 6.92 Å². The molecule has 0 aliphatic heterocycles. The van der Waals surface area contributed by atoms with Gasteiger partial charge in [-0.1, -0.05) is 6.58 Å². The predicted molar refractivity (Wildman–Crippen MR) is 51.7 cm³/mol. The first-order valence-electron chi connectivity index (χ1n) is 4.53. The fraction of sp³-hybridized carbons (Fsp3) is 0.600. The van der Waals surface area contributed by atoms with Crippen molar-refractivity contribution >= 4 is 11.8 Å². The smallest absolute Gasteiger partial charge is 0.333 e. The number of hydrogen-bond donors (Lipinski definition) is 1. The van der Waals surface area contributed by atoms with Gasteiger partial charge in [-0.3, -0.25) is 4.79 Å². The monoisotopic (exact) mass is 200 g/mol. The SMILES string of the molecule is C=C(C)C(=O)OCCC(=O)CCCO. The van der Waals surface area contributed by atoms with Gasteiger partial charge < -0.3 is 9.84 Å². The molecule has 0 spiro atoms. The van der Waals surface area contributed by atoms with Crippen LogP contribution in [-0.4, -0.2) is 30.1 Å². The maximum Gasteiger partial charge on any atom is 0.333 e. The molecule has 1 N–H and O–H groups in total. The molecule has 80 valence electrons. The van der Waals surface area contributed by atoms with Crippen LogP contribution >= 0.6 is 0 Å². The van der Waals surface area contributed by atoms with E-state index in [2.05, 4.69) is 6.58 Å². The van der Waals surface area contributed by atoms with Gasteiger partial charge in [0.1, 0.15) is 5.78 Å². The van der Waals surface area contributed by atoms with Gasteiger partial charge in [-0.25, -0.2) is 4.79 Å². The summed E-state index contributed by atoms with van der Waals surface area (Å²) >= 11 is 0. The highest BCUT2D eigenvalue weighted by Gasteiger charge is 2.05. The number of aliphatic hydroxyl groups is 1. The van der Waals surface area contributed by atoms with Crippen LogP contribution in [-0.2, 0) is 14.3 Å². The number of ether oxygens (including phenoxy) is 1. The summed E-state index contributed by atoms with van der Waals surface area (Å²) in [5.74, 6) is -0.478. The maximum atomic E-state index is 11.0. The van der Waals surface area contributed by atoms with Gasteiger partial charge in [0.05, 0.1) is 6.61 Å². The number of carbonyl (C=O) groups is 2. The van der Waals surface area contributed by atoms with E-state index in [1.165, 1.54) is 0 Å². The zero-order valence-electron chi connectivity index (χ0n) is 8.41. The highest BCUT2D eigenvalue weighted by molar-refractivity contribution is 5.87. The van der Waals surface area contributed by atoms with Crippen LogP contribution in [0.4, 0.5) is 0 Å². The van der Waals surface area contributed by atoms with Gasteiger partial charge >= 0.3 is 5.97 Å². The van der Waals surface area contributed by atoms with E-state index in [-0.39, 0.29) is 25.4 Å². The molecule has 0 aliphatic carbocycles. The third kappa shape index (κ3) is 6.37. The van der Waals surface area contributed by atoms with Crippen molar-refractivity contribution in [2.24, 2.45) is 0 Å². The summed E-state index contributed by atoms with van der Waals surface area (Å²) in [6.07, 6.45) is 1.01. The molecule has 14 heavy (non-hydrogen) atoms. The molecular formula is C10H16O4. The minimum atomic E-state index is -0.472. The molecule has 0 aliphatic rings. The Bertz CT molecular complexity index is 220. The van der Waals surface area contributed by atoms with E-state index >= 15 is 0 Å². The lowest BCUT2D eigenvalue weighted by Crippen LogP contribution is -2.10. The first-order chi connectivity index (χ1) is 6.57. The number of Topliss-reactive ketones (excluding diaryl/α,β-unsaturated/α-hetero) is 1. The second-order valence-corrected chi connectivity index (χ2v) is 3.03. The largest absolute Gasteiger partial charge is 0.462 e. The third-order valence-corrected chi connectivity index (χ3v) is 1.58. The molecule has 0 bridgehead atoms. The third-order valence-electron chi connectivity index (χ3n) is 1.58. The van der Waals surface area contributed by atoms with Crippen LogP contribution in [0.2, 0.25) is 0 Å². The Morgan fingerprint density at radius 3 is 2.50 bits per heavy atom. The number of rotatable bonds is 7. The van der Waals surface area contributed by atoms with Crippen molar-refractivity contribution in [2.45, 2.75) is 26.2 Å². The maximum absolute atomic E-state index is 11.0. The fourth-order valence-electron chi connectivity index (χ4n) is 0.782. The lowest BCUT2D eigenvalue weighted by Gasteiger charge is -2.03. The van der Waals surface area contributed by atoms with Crippen LogP contribution in [0.15, 0.2) is 12.2 Å². The molecular weight excluding hydrogens is 184 g/mol. The van der Waals surface area contributed by atoms with Gasteiger partial charge in [0.25, 0.3) is 0 Å². The Morgan fingerprint density at radius 1 is 1.36 bits per heavy atom. The van der Waals surface area contributed by atoms with Crippen LogP contribution in [0.25, 0.3) is 0 Å². The Balaban J connectivity index is 3.49. The molecule has 0 atom stereocenters. The second kappa shape index (κ2) is 7.26. The standard InChI is InChI=1S/C10H16O4/c1-8(2)10(13)14-7-5-9(12)4-3-6-11/h11H,1,3-7H2,2H3. The lowest BCUT2D eigenvalue weighted by atomic mass is 10.2. The van der Waals surface area contributed by atoms with Gasteiger partial charge in [-0.15, -0.1) is 0 Å². The first-order valence-corrected chi connectivity index (χ1v) is 4.53. The topological polar surface area (TPSA) is 63.6 Å². The van der Waals surface area contributed by atoms with E-state index in [4.69, 9.17) is 9.84 Å². The average Bonchev–Trinajstić information content (AvgIpc) is 2.14. The average molecular weight is 200 g/mol. The highest BCUT2D eigenvalue weighted by Crippen LogP contribution is 1.97. The van der Waals surface area contributed by atoms with Crippen LogP contribution in [0.1, 0.15) is 26.2 Å². The first kappa shape index (κ1) is 12.8. The van der Waals surface area contributed by atoms with Crippen LogP contribution in [0, 0.1) is 0 Å². The number of hydrogen-bond acceptors (Lipinski definition) is 4. The van der Waals surface area contributed by atoms with E-state index in [1.807, 2.05) is 0 Å². The molecule has 0 unspecified atom stereocenters. The molecule has 0 saturated carbocycles. The Labute approximate surface area is 83.6 Å². The molecule has 0 saturated heterocycles. The van der Waals surface area contributed by atoms with Crippen molar-refractivity contribution in [1.82, 2.24) is 0 Å². The van der Waals surface area contributed by atoms with Gasteiger partial charge in [0, 0.05) is 25.0 Å². The van der Waals surface area contributed by atoms with Crippen molar-refractivity contribution in [1.29, 1.82) is 0 Å². The van der Waals surface area contributed by atoms with Crippen molar-refractivity contribution in [2.75, 3.05) is 13.2 Å². The second-order valence-electron chi connectivity index (χ2n) is 3.03. The molecule has 0 heterocycles. The van der Waals surface area contributed by atoms with Crippen LogP contribution in [0.3, 0.4) is 0 Å². The van der Waals surface area contributed by atoms with Gasteiger partial charge in [-0.2, -0.15) is 0 Å². The zero-order chi connectivity index (χ0) is 11.0. The summed E-state index contributed by atoms with van der Waals surface area (Å²) in [7, 11) is 0. The van der Waals surface area contributed by atoms with Crippen molar-refractivity contribution in [3.05, 3.63) is 12.2 Å². The molecule has 0 aromatic heterocycles. The number of ketones is 1. The Hall–Kier alpha value is -1.16. The van der Waals surface area contributed by atoms with Crippen LogP contribution < -0.4 is 0 Å². The summed E-state index contributed by atoms with van der Waals surface area (Å²) in [4.78, 5) is 21.9. The molecule has 4 heteroatoms. The summed E-state index contributed by atoms with van der Waals surface area (Å²) in [5.41, 5.74) is 0.327. The number of aliphatic hydroxyl groups excluding tert-OH is 1. The molecule has 0 aromatic carbocycles. The number of esters is 1. The normalized spacial score (nSPS) is 9.57. The predicted octanol–water partition coefficient (Wildman–Crippen LogP) is 0.837. The van der Waals surface area contributed by atoms with Gasteiger partial charge in [0.15, 0.2) is 0 Å².